The number of hydrogen-bond donors (Lipinski definition) is 3. The average Bonchev–Trinajstić information content (AvgIpc) is 3.51. The number of nitrogens with zero attached hydrogens (tertiary/aromatic N) is 1. The number of carbonyl (C=O) groups excluding carboxylic acids is 2. The molecular formula is C28H22ClN3O5. The number of ketones is 1. The van der Waals surface area contributed by atoms with Gasteiger partial charge in [-0.3, -0.25) is 14.7 Å². The first kappa shape index (κ1) is 24.1. The van der Waals surface area contributed by atoms with Crippen LogP contribution in [0.2, 0.25) is 5.02 Å². The second kappa shape index (κ2) is 9.48. The number of aromatic amines is 1. The third-order valence-corrected chi connectivity index (χ3v) is 6.46. The number of phenolic OH excluding ortho intramolecular Hbond substituents is 1. The smallest absolute Gasteiger partial charge is 0.273 e. The number of phenols is 1. The lowest BCUT2D eigenvalue weighted by atomic mass is 10.0. The molecule has 3 N–H and O–H groups in total. The largest absolute Gasteiger partial charge is 0.507 e. The molecule has 5 aromatic rings. The van der Waals surface area contributed by atoms with Gasteiger partial charge in [0.1, 0.15) is 22.8 Å². The minimum absolute atomic E-state index is 0.0395. The van der Waals surface area contributed by atoms with Crippen molar-refractivity contribution in [2.45, 2.75) is 13.8 Å². The lowest BCUT2D eigenvalue weighted by Gasteiger charge is -2.07. The molecule has 3 aromatic carbocycles. The molecule has 186 valence electrons. The Hall–Kier alpha value is -4.56. The summed E-state index contributed by atoms with van der Waals surface area (Å²) in [6.45, 7) is 3.83. The zero-order valence-electron chi connectivity index (χ0n) is 20.2. The van der Waals surface area contributed by atoms with E-state index in [9.17, 15) is 14.7 Å². The van der Waals surface area contributed by atoms with Crippen LogP contribution in [0.15, 0.2) is 65.1 Å². The number of aromatic hydroxyl groups is 1. The number of aryl methyl sites for hydroxylation is 2. The molecule has 0 spiro atoms. The number of furan rings is 1. The van der Waals surface area contributed by atoms with Crippen LogP contribution in [-0.4, -0.2) is 34.1 Å². The number of nitrogens with one attached hydrogen (secondary N) is 2. The molecule has 0 unspecified atom stereocenters. The van der Waals surface area contributed by atoms with Crippen molar-refractivity contribution < 1.29 is 23.8 Å². The lowest BCUT2D eigenvalue weighted by molar-refractivity contribution is 0.101. The van der Waals surface area contributed by atoms with Gasteiger partial charge in [0.15, 0.2) is 5.76 Å². The van der Waals surface area contributed by atoms with Gasteiger partial charge in [-0.1, -0.05) is 23.7 Å². The van der Waals surface area contributed by atoms with E-state index in [-0.39, 0.29) is 33.5 Å². The number of halogens is 1. The molecule has 8 nitrogen and oxygen atoms in total. The van der Waals surface area contributed by atoms with Gasteiger partial charge in [0.25, 0.3) is 5.91 Å². The van der Waals surface area contributed by atoms with E-state index in [4.69, 9.17) is 20.8 Å². The Labute approximate surface area is 216 Å². The van der Waals surface area contributed by atoms with Gasteiger partial charge in [-0.25, -0.2) is 0 Å². The van der Waals surface area contributed by atoms with Crippen LogP contribution in [0.1, 0.15) is 37.7 Å². The molecular weight excluding hydrogens is 494 g/mol. The normalized spacial score (nSPS) is 11.0. The van der Waals surface area contributed by atoms with Crippen molar-refractivity contribution in [3.63, 3.8) is 0 Å². The fraction of sp³-hybridized carbons (Fsp3) is 0.107. The van der Waals surface area contributed by atoms with Crippen LogP contribution in [0, 0.1) is 13.8 Å². The average molecular weight is 516 g/mol. The topological polar surface area (TPSA) is 117 Å². The lowest BCUT2D eigenvalue weighted by Crippen LogP contribution is -2.14. The molecule has 37 heavy (non-hydrogen) atoms. The van der Waals surface area contributed by atoms with Gasteiger partial charge in [0.05, 0.1) is 23.5 Å². The van der Waals surface area contributed by atoms with Crippen molar-refractivity contribution in [3.05, 3.63) is 93.8 Å². The number of para-hydroxylation sites is 1. The number of carbonyl (C=O) groups is 2. The summed E-state index contributed by atoms with van der Waals surface area (Å²) < 4.78 is 11.0. The van der Waals surface area contributed by atoms with Crippen LogP contribution < -0.4 is 10.1 Å². The monoisotopic (exact) mass is 515 g/mol. The van der Waals surface area contributed by atoms with Crippen LogP contribution >= 0.6 is 11.6 Å². The molecule has 2 heterocycles. The molecule has 0 atom stereocenters. The number of fused-ring (bicyclic) bond motifs is 1. The molecule has 0 radical (unpaired) electrons. The van der Waals surface area contributed by atoms with Crippen LogP contribution in [0.3, 0.4) is 0 Å². The maximum Gasteiger partial charge on any atom is 0.273 e. The minimum atomic E-state index is -0.532. The van der Waals surface area contributed by atoms with Gasteiger partial charge in [-0.15, -0.1) is 0 Å². The Bertz CT molecular complexity index is 1680. The summed E-state index contributed by atoms with van der Waals surface area (Å²) in [5.41, 5.74) is 3.91. The van der Waals surface area contributed by atoms with Crippen molar-refractivity contribution in [2.24, 2.45) is 0 Å². The first-order chi connectivity index (χ1) is 17.8. The van der Waals surface area contributed by atoms with Crippen LogP contribution in [-0.2, 0) is 0 Å². The van der Waals surface area contributed by atoms with Gasteiger partial charge in [-0.2, -0.15) is 5.10 Å². The molecule has 0 aliphatic carbocycles. The Morgan fingerprint density at radius 1 is 1.05 bits per heavy atom. The highest BCUT2D eigenvalue weighted by Crippen LogP contribution is 2.35. The highest BCUT2D eigenvalue weighted by molar-refractivity contribution is 6.32. The van der Waals surface area contributed by atoms with Gasteiger partial charge in [-0.05, 0) is 73.5 Å². The predicted molar refractivity (Wildman–Crippen MR) is 141 cm³/mol. The fourth-order valence-electron chi connectivity index (χ4n) is 4.03. The number of amides is 1. The van der Waals surface area contributed by atoms with Crippen LogP contribution in [0.25, 0.3) is 22.2 Å². The van der Waals surface area contributed by atoms with Crippen molar-refractivity contribution in [2.75, 3.05) is 12.4 Å². The van der Waals surface area contributed by atoms with E-state index >= 15 is 0 Å². The molecule has 0 saturated heterocycles. The molecule has 5 rings (SSSR count). The molecule has 9 heteroatoms. The van der Waals surface area contributed by atoms with Gasteiger partial charge < -0.3 is 19.6 Å². The second-order valence-electron chi connectivity index (χ2n) is 8.56. The molecule has 0 fully saturated rings. The van der Waals surface area contributed by atoms with E-state index in [1.54, 1.807) is 42.5 Å². The summed E-state index contributed by atoms with van der Waals surface area (Å²) in [4.78, 5) is 26.6. The Morgan fingerprint density at radius 3 is 2.57 bits per heavy atom. The minimum Gasteiger partial charge on any atom is -0.507 e. The Balaban J connectivity index is 1.50. The third kappa shape index (κ3) is 4.43. The van der Waals surface area contributed by atoms with E-state index in [1.165, 1.54) is 19.2 Å². The number of benzene rings is 3. The van der Waals surface area contributed by atoms with Crippen LogP contribution in [0.4, 0.5) is 5.69 Å². The first-order valence-corrected chi connectivity index (χ1v) is 11.7. The standard InChI is InChI=1S/C28H22ClN3O5/c1-14-10-18(22(33)11-15(14)2)20-13-21(32-31-20)28(35)30-25-17-6-4-5-7-23(17)37-27(25)26(34)16-8-9-24(36-3)19(29)12-16/h4-13,33H,1-3H3,(H,30,35)(H,31,32). The summed E-state index contributed by atoms with van der Waals surface area (Å²) in [6.07, 6.45) is 0. The number of hydrogen-bond acceptors (Lipinski definition) is 6. The number of methoxy groups -OCH3 is 1. The van der Waals surface area contributed by atoms with Gasteiger partial charge >= 0.3 is 0 Å². The van der Waals surface area contributed by atoms with Gasteiger partial charge in [0.2, 0.25) is 5.78 Å². The maximum atomic E-state index is 13.4. The summed E-state index contributed by atoms with van der Waals surface area (Å²) in [5, 5.41) is 20.9. The predicted octanol–water partition coefficient (Wildman–Crippen LogP) is 6.29. The number of H-pyrrole nitrogens is 1. The summed E-state index contributed by atoms with van der Waals surface area (Å²) in [5.74, 6) is -0.534. The van der Waals surface area contributed by atoms with E-state index in [2.05, 4.69) is 15.5 Å². The highest BCUT2D eigenvalue weighted by atomic mass is 35.5. The Kier molecular flexibility index (Phi) is 6.19. The van der Waals surface area contributed by atoms with E-state index in [1.807, 2.05) is 19.9 Å². The highest BCUT2D eigenvalue weighted by Gasteiger charge is 2.25. The van der Waals surface area contributed by atoms with Crippen molar-refractivity contribution in [1.82, 2.24) is 10.2 Å². The SMILES string of the molecule is COc1ccc(C(=O)c2oc3ccccc3c2NC(=O)c2cc(-c3cc(C)c(C)cc3O)n[nH]2)cc1Cl. The van der Waals surface area contributed by atoms with E-state index < -0.39 is 11.7 Å². The van der Waals surface area contributed by atoms with Crippen molar-refractivity contribution in [1.29, 1.82) is 0 Å². The summed E-state index contributed by atoms with van der Waals surface area (Å²) in [6, 6.07) is 16.6. The van der Waals surface area contributed by atoms with Crippen molar-refractivity contribution in [3.8, 4) is 22.8 Å². The Morgan fingerprint density at radius 2 is 1.81 bits per heavy atom. The quantitative estimate of drug-likeness (QED) is 0.229. The van der Waals surface area contributed by atoms with Crippen LogP contribution in [0.5, 0.6) is 11.5 Å². The number of ether oxygens (including phenoxy) is 1. The van der Waals surface area contributed by atoms with Crippen molar-refractivity contribution >= 4 is 39.9 Å². The molecule has 0 aliphatic heterocycles. The van der Waals surface area contributed by atoms with E-state index in [0.29, 0.717) is 28.0 Å². The third-order valence-electron chi connectivity index (χ3n) is 6.16. The zero-order valence-corrected chi connectivity index (χ0v) is 20.9. The van der Waals surface area contributed by atoms with Gasteiger partial charge in [0, 0.05) is 16.5 Å². The molecule has 0 saturated carbocycles. The zero-order chi connectivity index (χ0) is 26.3. The molecule has 0 bridgehead atoms. The molecule has 2 aromatic heterocycles. The number of rotatable bonds is 6. The summed E-state index contributed by atoms with van der Waals surface area (Å²) >= 11 is 6.22. The summed E-state index contributed by atoms with van der Waals surface area (Å²) in [7, 11) is 1.48. The van der Waals surface area contributed by atoms with E-state index in [0.717, 1.165) is 11.1 Å². The fourth-order valence-corrected chi connectivity index (χ4v) is 4.29. The number of anilines is 1. The maximum absolute atomic E-state index is 13.4. The second-order valence-corrected chi connectivity index (χ2v) is 8.96. The molecule has 1 amide bonds. The first-order valence-electron chi connectivity index (χ1n) is 11.3. The number of aromatic nitrogens is 2. The molecule has 0 aliphatic rings.